The molecule has 0 saturated heterocycles. The van der Waals surface area contributed by atoms with E-state index in [9.17, 15) is 9.59 Å². The fraction of sp³-hybridized carbons (Fsp3) is 0.273. The van der Waals surface area contributed by atoms with Gasteiger partial charge in [-0.05, 0) is 26.0 Å². The maximum atomic E-state index is 12.6. The van der Waals surface area contributed by atoms with Crippen LogP contribution in [0.3, 0.4) is 0 Å². The van der Waals surface area contributed by atoms with E-state index in [1.165, 1.54) is 11.8 Å². The van der Waals surface area contributed by atoms with Gasteiger partial charge >= 0.3 is 5.97 Å². The third kappa shape index (κ3) is 4.13. The maximum Gasteiger partial charge on any atom is 0.340 e. The van der Waals surface area contributed by atoms with Crippen molar-refractivity contribution in [2.24, 2.45) is 0 Å². The fourth-order valence-corrected chi connectivity index (χ4v) is 4.12. The van der Waals surface area contributed by atoms with Gasteiger partial charge in [-0.2, -0.15) is 0 Å². The summed E-state index contributed by atoms with van der Waals surface area (Å²) in [6.07, 6.45) is 0.716. The standard InChI is InChI=1S/C22H22N4O4S/c1-4-19-24-25-21(17-11-18-16(26(17)19)10-13(3)30-18)31-12-20(27)23-15-9-7-6-8-14(15)22(28)29-5-2/h6-11H,4-5,12H2,1-3H3,(H,23,27). The number of hydrogen-bond acceptors (Lipinski definition) is 7. The van der Waals surface area contributed by atoms with Crippen LogP contribution in [0.1, 0.15) is 35.8 Å². The van der Waals surface area contributed by atoms with Crippen LogP contribution in [0.4, 0.5) is 5.69 Å². The molecule has 1 aromatic carbocycles. The highest BCUT2D eigenvalue weighted by atomic mass is 32.2. The van der Waals surface area contributed by atoms with Crippen LogP contribution in [0, 0.1) is 6.92 Å². The number of carbonyl (C=O) groups is 2. The monoisotopic (exact) mass is 438 g/mol. The number of para-hydroxylation sites is 1. The molecule has 9 heteroatoms. The summed E-state index contributed by atoms with van der Waals surface area (Å²) >= 11 is 1.28. The van der Waals surface area contributed by atoms with Crippen molar-refractivity contribution in [3.05, 3.63) is 53.5 Å². The smallest absolute Gasteiger partial charge is 0.340 e. The van der Waals surface area contributed by atoms with E-state index in [1.807, 2.05) is 30.4 Å². The number of aryl methyl sites for hydroxylation is 2. The van der Waals surface area contributed by atoms with Crippen molar-refractivity contribution < 1.29 is 18.7 Å². The Hall–Kier alpha value is -3.33. The van der Waals surface area contributed by atoms with Gasteiger partial charge in [0, 0.05) is 18.6 Å². The van der Waals surface area contributed by atoms with Gasteiger partial charge in [-0.1, -0.05) is 30.8 Å². The minimum absolute atomic E-state index is 0.110. The Morgan fingerprint density at radius 1 is 1.16 bits per heavy atom. The molecule has 0 bridgehead atoms. The van der Waals surface area contributed by atoms with E-state index in [1.54, 1.807) is 31.2 Å². The van der Waals surface area contributed by atoms with Crippen molar-refractivity contribution in [2.45, 2.75) is 32.2 Å². The summed E-state index contributed by atoms with van der Waals surface area (Å²) in [6.45, 7) is 5.92. The van der Waals surface area contributed by atoms with Crippen LogP contribution < -0.4 is 5.32 Å². The number of carbonyl (C=O) groups excluding carboxylic acids is 2. The fourth-order valence-electron chi connectivity index (χ4n) is 3.38. The zero-order valence-corrected chi connectivity index (χ0v) is 18.3. The van der Waals surface area contributed by atoms with Crippen LogP contribution in [-0.4, -0.2) is 38.8 Å². The van der Waals surface area contributed by atoms with Gasteiger partial charge in [0.15, 0.2) is 5.58 Å². The molecular weight excluding hydrogens is 416 g/mol. The first-order valence-corrected chi connectivity index (χ1v) is 11.0. The molecule has 1 amide bonds. The average molecular weight is 439 g/mol. The number of fused-ring (bicyclic) bond motifs is 3. The lowest BCUT2D eigenvalue weighted by Gasteiger charge is -2.10. The van der Waals surface area contributed by atoms with Crippen LogP contribution in [-0.2, 0) is 16.0 Å². The number of hydrogen-bond donors (Lipinski definition) is 1. The van der Waals surface area contributed by atoms with E-state index in [-0.39, 0.29) is 18.3 Å². The highest BCUT2D eigenvalue weighted by Crippen LogP contribution is 2.30. The van der Waals surface area contributed by atoms with Crippen molar-refractivity contribution in [3.63, 3.8) is 0 Å². The molecule has 1 N–H and O–H groups in total. The van der Waals surface area contributed by atoms with Gasteiger partial charge in [0.1, 0.15) is 16.6 Å². The molecule has 4 aromatic rings. The molecule has 3 aromatic heterocycles. The molecule has 31 heavy (non-hydrogen) atoms. The van der Waals surface area contributed by atoms with Gasteiger partial charge in [0.25, 0.3) is 0 Å². The summed E-state index contributed by atoms with van der Waals surface area (Å²) in [4.78, 5) is 24.7. The molecule has 0 aliphatic carbocycles. The van der Waals surface area contributed by atoms with Crippen molar-refractivity contribution in [1.82, 2.24) is 14.6 Å². The molecule has 0 saturated carbocycles. The van der Waals surface area contributed by atoms with E-state index in [2.05, 4.69) is 15.5 Å². The highest BCUT2D eigenvalue weighted by molar-refractivity contribution is 8.00. The van der Waals surface area contributed by atoms with Crippen molar-refractivity contribution in [3.8, 4) is 0 Å². The second-order valence-corrected chi connectivity index (χ2v) is 7.81. The van der Waals surface area contributed by atoms with Gasteiger partial charge in [-0.25, -0.2) is 4.79 Å². The third-order valence-corrected chi connectivity index (χ3v) is 5.67. The van der Waals surface area contributed by atoms with Crippen molar-refractivity contribution in [1.29, 1.82) is 0 Å². The molecule has 0 atom stereocenters. The number of thioether (sulfide) groups is 1. The first-order chi connectivity index (χ1) is 15.0. The number of benzene rings is 1. The Morgan fingerprint density at radius 3 is 2.74 bits per heavy atom. The zero-order chi connectivity index (χ0) is 22.0. The van der Waals surface area contributed by atoms with Crippen LogP contribution in [0.2, 0.25) is 0 Å². The van der Waals surface area contributed by atoms with Crippen LogP contribution in [0.5, 0.6) is 0 Å². The van der Waals surface area contributed by atoms with Crippen LogP contribution >= 0.6 is 11.8 Å². The van der Waals surface area contributed by atoms with Crippen LogP contribution in [0.25, 0.3) is 16.6 Å². The number of esters is 1. The Kier molecular flexibility index (Phi) is 5.94. The SMILES string of the molecule is CCOC(=O)c1ccccc1NC(=O)CSc1nnc(CC)n2c1cc1oc(C)cc12. The Balaban J connectivity index is 1.54. The topological polar surface area (TPSA) is 98.7 Å². The number of nitrogens with one attached hydrogen (secondary N) is 1. The molecule has 8 nitrogen and oxygen atoms in total. The minimum atomic E-state index is -0.472. The van der Waals surface area contributed by atoms with E-state index in [4.69, 9.17) is 9.15 Å². The van der Waals surface area contributed by atoms with Gasteiger partial charge in [0.05, 0.1) is 34.6 Å². The molecule has 0 aliphatic rings. The first-order valence-electron chi connectivity index (χ1n) is 9.97. The number of rotatable bonds is 7. The first kappa shape index (κ1) is 20.9. The zero-order valence-electron chi connectivity index (χ0n) is 17.5. The molecule has 160 valence electrons. The quantitative estimate of drug-likeness (QED) is 0.340. The number of furan rings is 1. The summed E-state index contributed by atoms with van der Waals surface area (Å²) in [5.41, 5.74) is 3.29. The maximum absolute atomic E-state index is 12.6. The number of anilines is 1. The predicted molar refractivity (Wildman–Crippen MR) is 119 cm³/mol. The van der Waals surface area contributed by atoms with Gasteiger partial charge in [-0.15, -0.1) is 10.2 Å². The summed E-state index contributed by atoms with van der Waals surface area (Å²) in [5, 5.41) is 12.1. The number of nitrogens with zero attached hydrogens (tertiary/aromatic N) is 3. The average Bonchev–Trinajstić information content (AvgIpc) is 3.29. The van der Waals surface area contributed by atoms with E-state index < -0.39 is 5.97 Å². The molecule has 3 heterocycles. The summed E-state index contributed by atoms with van der Waals surface area (Å²) in [5.74, 6) is 1.03. The van der Waals surface area contributed by atoms with Gasteiger partial charge in [-0.3, -0.25) is 9.20 Å². The largest absolute Gasteiger partial charge is 0.462 e. The van der Waals surface area contributed by atoms with E-state index in [0.717, 1.165) is 28.2 Å². The van der Waals surface area contributed by atoms with Crippen molar-refractivity contribution in [2.75, 3.05) is 17.7 Å². The summed E-state index contributed by atoms with van der Waals surface area (Å²) < 4.78 is 12.8. The molecule has 0 fully saturated rings. The third-order valence-electron chi connectivity index (χ3n) is 4.70. The van der Waals surface area contributed by atoms with Gasteiger partial charge < -0.3 is 14.5 Å². The Morgan fingerprint density at radius 2 is 1.97 bits per heavy atom. The van der Waals surface area contributed by atoms with Crippen molar-refractivity contribution >= 4 is 45.9 Å². The lowest BCUT2D eigenvalue weighted by Crippen LogP contribution is -2.17. The lowest BCUT2D eigenvalue weighted by atomic mass is 10.2. The van der Waals surface area contributed by atoms with E-state index >= 15 is 0 Å². The molecule has 0 unspecified atom stereocenters. The summed E-state index contributed by atoms with van der Waals surface area (Å²) in [6, 6.07) is 10.7. The minimum Gasteiger partial charge on any atom is -0.462 e. The Labute approximate surface area is 183 Å². The normalized spacial score (nSPS) is 11.2. The Bertz CT molecular complexity index is 1280. The summed E-state index contributed by atoms with van der Waals surface area (Å²) in [7, 11) is 0. The number of amides is 1. The van der Waals surface area contributed by atoms with Gasteiger partial charge in [0.2, 0.25) is 5.91 Å². The highest BCUT2D eigenvalue weighted by Gasteiger charge is 2.18. The molecule has 0 spiro atoms. The van der Waals surface area contributed by atoms with E-state index in [0.29, 0.717) is 22.7 Å². The number of aromatic nitrogens is 3. The molecule has 0 radical (unpaired) electrons. The predicted octanol–water partition coefficient (Wildman–Crippen LogP) is 4.25. The number of ether oxygens (including phenoxy) is 1. The lowest BCUT2D eigenvalue weighted by molar-refractivity contribution is -0.113. The molecular formula is C22H22N4O4S. The molecule has 4 rings (SSSR count). The second-order valence-electron chi connectivity index (χ2n) is 6.85. The second kappa shape index (κ2) is 8.81. The molecule has 0 aliphatic heterocycles. The van der Waals surface area contributed by atoms with Crippen LogP contribution in [0.15, 0.2) is 45.8 Å².